The quantitative estimate of drug-likeness (QED) is 0.331. The normalized spacial score (nSPS) is 11.0. The lowest BCUT2D eigenvalue weighted by Crippen LogP contribution is -2.42. The van der Waals surface area contributed by atoms with Gasteiger partial charge < -0.3 is 20.2 Å². The fourth-order valence-electron chi connectivity index (χ4n) is 2.16. The van der Waals surface area contributed by atoms with E-state index in [0.29, 0.717) is 39.3 Å². The molecule has 0 aromatic heterocycles. The van der Waals surface area contributed by atoms with Gasteiger partial charge in [-0.05, 0) is 21.1 Å². The molecule has 0 fully saturated rings. The van der Waals surface area contributed by atoms with Crippen LogP contribution < -0.4 is 0 Å². The highest BCUT2D eigenvalue weighted by molar-refractivity contribution is 5.69. The van der Waals surface area contributed by atoms with Gasteiger partial charge in [-0.25, -0.2) is 0 Å². The first kappa shape index (κ1) is 27.5. The Morgan fingerprint density at radius 3 is 1.22 bits per heavy atom. The van der Waals surface area contributed by atoms with Crippen molar-refractivity contribution in [3.8, 4) is 0 Å². The molecular weight excluding hydrogens is 356 g/mol. The molecule has 0 radical (unpaired) electrons. The lowest BCUT2D eigenvalue weighted by atomic mass is 10.4. The summed E-state index contributed by atoms with van der Waals surface area (Å²) in [5.74, 6) is -2.72. The van der Waals surface area contributed by atoms with E-state index in [1.54, 1.807) is 28.8 Å². The third-order valence-corrected chi connectivity index (χ3v) is 3.63. The third-order valence-electron chi connectivity index (χ3n) is 3.63. The first-order valence-corrected chi connectivity index (χ1v) is 9.03. The van der Waals surface area contributed by atoms with Crippen molar-refractivity contribution in [2.75, 3.05) is 80.0 Å². The highest BCUT2D eigenvalue weighted by Gasteiger charge is 2.13. The largest absolute Gasteiger partial charge is 0.480 e. The van der Waals surface area contributed by atoms with Crippen LogP contribution in [0.15, 0.2) is 0 Å². The first-order chi connectivity index (χ1) is 12.6. The highest BCUT2D eigenvalue weighted by Crippen LogP contribution is 1.94. The second kappa shape index (κ2) is 16.4. The van der Waals surface area contributed by atoms with Crippen molar-refractivity contribution >= 4 is 17.9 Å². The highest BCUT2D eigenvalue weighted by atomic mass is 16.4. The zero-order chi connectivity index (χ0) is 21.4. The predicted octanol–water partition coefficient (Wildman–Crippen LogP) is -0.636. The van der Waals surface area contributed by atoms with Crippen LogP contribution in [0.4, 0.5) is 0 Å². The van der Waals surface area contributed by atoms with E-state index in [1.807, 2.05) is 25.8 Å². The van der Waals surface area contributed by atoms with E-state index in [9.17, 15) is 14.4 Å². The van der Waals surface area contributed by atoms with Gasteiger partial charge in [-0.15, -0.1) is 0 Å². The van der Waals surface area contributed by atoms with Crippen LogP contribution in [0.2, 0.25) is 0 Å². The molecule has 160 valence electrons. The third kappa shape index (κ3) is 18.8. The number of carboxylic acid groups (broad SMARTS) is 3. The molecule has 0 aromatic rings. The second-order valence-corrected chi connectivity index (χ2v) is 6.24. The van der Waals surface area contributed by atoms with Gasteiger partial charge in [-0.1, -0.05) is 13.8 Å². The van der Waals surface area contributed by atoms with Crippen LogP contribution in [0.25, 0.3) is 0 Å². The summed E-state index contributed by atoms with van der Waals surface area (Å²) in [4.78, 5) is 39.3. The van der Waals surface area contributed by atoms with Crippen LogP contribution in [0, 0.1) is 0 Å². The fraction of sp³-hybridized carbons (Fsp3) is 0.824. The molecule has 0 aliphatic rings. The number of aliphatic carboxylic acids is 3. The van der Waals surface area contributed by atoms with Crippen LogP contribution in [-0.2, 0) is 14.4 Å². The summed E-state index contributed by atoms with van der Waals surface area (Å²) >= 11 is 0. The van der Waals surface area contributed by atoms with Crippen molar-refractivity contribution in [3.63, 3.8) is 0 Å². The molecule has 0 heterocycles. The molecular formula is C17H36N4O6. The summed E-state index contributed by atoms with van der Waals surface area (Å²) in [6.45, 7) is 7.16. The van der Waals surface area contributed by atoms with Gasteiger partial charge in [0.2, 0.25) is 0 Å². The Bertz CT molecular complexity index is 436. The zero-order valence-electron chi connectivity index (χ0n) is 17.2. The topological polar surface area (TPSA) is 125 Å². The summed E-state index contributed by atoms with van der Waals surface area (Å²) in [6, 6.07) is 0. The molecule has 10 nitrogen and oxygen atoms in total. The van der Waals surface area contributed by atoms with Crippen molar-refractivity contribution in [1.82, 2.24) is 19.6 Å². The smallest absolute Gasteiger partial charge is 0.317 e. The van der Waals surface area contributed by atoms with E-state index >= 15 is 0 Å². The van der Waals surface area contributed by atoms with Crippen LogP contribution in [-0.4, -0.2) is 133 Å². The number of carbonyl (C=O) groups is 3. The molecule has 0 unspecified atom stereocenters. The van der Waals surface area contributed by atoms with E-state index in [-0.39, 0.29) is 19.6 Å². The Morgan fingerprint density at radius 1 is 0.556 bits per heavy atom. The number of nitrogens with zero attached hydrogens (tertiary/aromatic N) is 4. The lowest BCUT2D eigenvalue weighted by molar-refractivity contribution is -0.140. The molecule has 0 spiro atoms. The number of rotatable bonds is 15. The van der Waals surface area contributed by atoms with Gasteiger partial charge in [0.15, 0.2) is 0 Å². The van der Waals surface area contributed by atoms with E-state index in [0.717, 1.165) is 0 Å². The number of likely N-dealkylation sites (N-methyl/N-ethyl adjacent to an activating group) is 3. The number of carboxylic acids is 3. The van der Waals surface area contributed by atoms with Gasteiger partial charge in [0.05, 0.1) is 19.6 Å². The summed E-state index contributed by atoms with van der Waals surface area (Å²) in [5, 5.41) is 26.4. The lowest BCUT2D eigenvalue weighted by Gasteiger charge is -2.26. The second-order valence-electron chi connectivity index (χ2n) is 6.24. The monoisotopic (exact) mass is 392 g/mol. The van der Waals surface area contributed by atoms with E-state index in [1.165, 1.54) is 0 Å². The molecule has 0 aliphatic heterocycles. The van der Waals surface area contributed by atoms with Crippen LogP contribution in [0.1, 0.15) is 13.8 Å². The molecule has 0 bridgehead atoms. The van der Waals surface area contributed by atoms with Crippen molar-refractivity contribution in [2.24, 2.45) is 0 Å². The number of hydrogen-bond donors (Lipinski definition) is 3. The molecule has 0 aliphatic carbocycles. The average Bonchev–Trinajstić information content (AvgIpc) is 2.55. The molecule has 10 heteroatoms. The summed E-state index contributed by atoms with van der Waals surface area (Å²) in [6.07, 6.45) is 0. The minimum atomic E-state index is -0.926. The van der Waals surface area contributed by atoms with Crippen LogP contribution in [0.3, 0.4) is 0 Å². The Labute approximate surface area is 161 Å². The van der Waals surface area contributed by atoms with Crippen molar-refractivity contribution in [2.45, 2.75) is 13.8 Å². The molecule has 0 aromatic carbocycles. The fourth-order valence-corrected chi connectivity index (χ4v) is 2.16. The summed E-state index contributed by atoms with van der Waals surface area (Å²) in [5.41, 5.74) is 0. The molecule has 0 saturated heterocycles. The van der Waals surface area contributed by atoms with E-state index in [4.69, 9.17) is 15.3 Å². The molecule has 0 amide bonds. The van der Waals surface area contributed by atoms with Gasteiger partial charge >= 0.3 is 17.9 Å². The maximum atomic E-state index is 11.0. The zero-order valence-corrected chi connectivity index (χ0v) is 17.2. The molecule has 27 heavy (non-hydrogen) atoms. The molecule has 0 atom stereocenters. The summed E-state index contributed by atoms with van der Waals surface area (Å²) < 4.78 is 0. The van der Waals surface area contributed by atoms with Gasteiger partial charge in [-0.2, -0.15) is 0 Å². The Kier molecular flexibility index (Phi) is 16.7. The standard InChI is InChI=1S/C15H30N4O6.C2H6/c1-16(4-5-17(2)10-13(20)21)6-8-19(12-15(24)25)9-7-18(3)11-14(22)23;1-2/h4-12H2,1-3H3,(H,20,21)(H,22,23)(H,24,25);1-2H3. The van der Waals surface area contributed by atoms with Gasteiger partial charge in [0, 0.05) is 39.3 Å². The average molecular weight is 392 g/mol. The van der Waals surface area contributed by atoms with Crippen LogP contribution >= 0.6 is 0 Å². The minimum absolute atomic E-state index is 0.0190. The van der Waals surface area contributed by atoms with Crippen molar-refractivity contribution in [3.05, 3.63) is 0 Å². The Hall–Kier alpha value is -1.75. The number of hydrogen-bond acceptors (Lipinski definition) is 7. The van der Waals surface area contributed by atoms with Gasteiger partial charge in [0.25, 0.3) is 0 Å². The van der Waals surface area contributed by atoms with Gasteiger partial charge in [-0.3, -0.25) is 29.1 Å². The maximum Gasteiger partial charge on any atom is 0.317 e. The molecule has 0 saturated carbocycles. The van der Waals surface area contributed by atoms with E-state index in [2.05, 4.69) is 0 Å². The van der Waals surface area contributed by atoms with Crippen molar-refractivity contribution < 1.29 is 29.7 Å². The van der Waals surface area contributed by atoms with Gasteiger partial charge in [0.1, 0.15) is 0 Å². The minimum Gasteiger partial charge on any atom is -0.480 e. The SMILES string of the molecule is CC.CN(CCN(C)CC(=O)O)CCN(CCN(C)CC(=O)O)CC(=O)O. The Balaban J connectivity index is 0. The molecule has 0 rings (SSSR count). The van der Waals surface area contributed by atoms with Crippen molar-refractivity contribution in [1.29, 1.82) is 0 Å². The first-order valence-electron chi connectivity index (χ1n) is 9.03. The maximum absolute atomic E-state index is 11.0. The van der Waals surface area contributed by atoms with Crippen LogP contribution in [0.5, 0.6) is 0 Å². The van der Waals surface area contributed by atoms with E-state index < -0.39 is 17.9 Å². The predicted molar refractivity (Wildman–Crippen MR) is 103 cm³/mol. The Morgan fingerprint density at radius 2 is 0.852 bits per heavy atom. The summed E-state index contributed by atoms with van der Waals surface area (Å²) in [7, 11) is 5.30. The molecule has 3 N–H and O–H groups in total.